The third-order valence-corrected chi connectivity index (χ3v) is 3.97. The molecule has 2 aromatic heterocycles. The number of aromatic nitrogens is 2. The van der Waals surface area contributed by atoms with Crippen molar-refractivity contribution in [2.45, 2.75) is 6.54 Å². The number of anilines is 2. The van der Waals surface area contributed by atoms with Crippen LogP contribution in [-0.4, -0.2) is 15.9 Å². The number of nitrogens with zero attached hydrogens (tertiary/aromatic N) is 2. The molecular formula is C18H14Cl2N4O. The summed E-state index contributed by atoms with van der Waals surface area (Å²) in [7, 11) is 0. The van der Waals surface area contributed by atoms with Crippen molar-refractivity contribution in [3.05, 3.63) is 82.2 Å². The van der Waals surface area contributed by atoms with E-state index in [1.807, 2.05) is 12.1 Å². The summed E-state index contributed by atoms with van der Waals surface area (Å²) in [5.41, 5.74) is 2.04. The van der Waals surface area contributed by atoms with Gasteiger partial charge in [-0.3, -0.25) is 9.78 Å². The lowest BCUT2D eigenvalue weighted by Gasteiger charge is -2.09. The van der Waals surface area contributed by atoms with Crippen molar-refractivity contribution in [2.75, 3.05) is 10.6 Å². The third-order valence-electron chi connectivity index (χ3n) is 3.42. The van der Waals surface area contributed by atoms with E-state index >= 15 is 0 Å². The maximum atomic E-state index is 12.4. The average Bonchev–Trinajstić information content (AvgIpc) is 2.63. The zero-order valence-electron chi connectivity index (χ0n) is 13.0. The Hall–Kier alpha value is -2.63. The molecule has 0 saturated carbocycles. The Morgan fingerprint density at radius 1 is 1.00 bits per heavy atom. The van der Waals surface area contributed by atoms with E-state index in [2.05, 4.69) is 20.6 Å². The van der Waals surface area contributed by atoms with E-state index < -0.39 is 0 Å². The van der Waals surface area contributed by atoms with Crippen LogP contribution in [0.25, 0.3) is 0 Å². The number of hydrogen-bond donors (Lipinski definition) is 2. The summed E-state index contributed by atoms with van der Waals surface area (Å²) >= 11 is 11.9. The summed E-state index contributed by atoms with van der Waals surface area (Å²) in [6, 6.07) is 12.0. The Kier molecular flexibility index (Phi) is 5.48. The van der Waals surface area contributed by atoms with Crippen LogP contribution in [0.15, 0.2) is 61.1 Å². The number of nitrogens with one attached hydrogen (secondary N) is 2. The van der Waals surface area contributed by atoms with Crippen LogP contribution in [0.1, 0.15) is 15.9 Å². The second-order valence-corrected chi connectivity index (χ2v) is 6.06. The standard InChI is InChI=1S/C18H14Cl2N4O/c19-14-1-2-16(15(20)10-14)24-18(25)13-5-8-22-17(9-13)23-11-12-3-6-21-7-4-12/h1-10H,11H2,(H,22,23)(H,24,25). The van der Waals surface area contributed by atoms with Gasteiger partial charge in [-0.05, 0) is 48.0 Å². The predicted octanol–water partition coefficient (Wildman–Crippen LogP) is 4.65. The highest BCUT2D eigenvalue weighted by Gasteiger charge is 2.10. The molecule has 25 heavy (non-hydrogen) atoms. The van der Waals surface area contributed by atoms with Gasteiger partial charge in [-0.15, -0.1) is 0 Å². The number of carbonyl (C=O) groups is 1. The summed E-state index contributed by atoms with van der Waals surface area (Å²) in [5, 5.41) is 6.83. The number of pyridine rings is 2. The molecule has 3 aromatic rings. The van der Waals surface area contributed by atoms with Crippen molar-refractivity contribution in [3.63, 3.8) is 0 Å². The molecule has 1 aromatic carbocycles. The number of hydrogen-bond acceptors (Lipinski definition) is 4. The van der Waals surface area contributed by atoms with Crippen molar-refractivity contribution in [2.24, 2.45) is 0 Å². The molecule has 0 fully saturated rings. The Balaban J connectivity index is 1.69. The van der Waals surface area contributed by atoms with Crippen LogP contribution in [0.3, 0.4) is 0 Å². The number of benzene rings is 1. The molecule has 0 radical (unpaired) electrons. The van der Waals surface area contributed by atoms with Gasteiger partial charge < -0.3 is 10.6 Å². The van der Waals surface area contributed by atoms with Crippen LogP contribution in [0.2, 0.25) is 10.0 Å². The molecule has 2 N–H and O–H groups in total. The lowest BCUT2D eigenvalue weighted by molar-refractivity contribution is 0.102. The molecule has 3 rings (SSSR count). The monoisotopic (exact) mass is 372 g/mol. The predicted molar refractivity (Wildman–Crippen MR) is 100 cm³/mol. The maximum Gasteiger partial charge on any atom is 0.255 e. The van der Waals surface area contributed by atoms with Gasteiger partial charge in [-0.25, -0.2) is 4.98 Å². The minimum absolute atomic E-state index is 0.279. The molecule has 0 aliphatic carbocycles. The normalized spacial score (nSPS) is 10.3. The van der Waals surface area contributed by atoms with Gasteiger partial charge in [0.05, 0.1) is 10.7 Å². The lowest BCUT2D eigenvalue weighted by atomic mass is 10.2. The molecule has 0 spiro atoms. The molecule has 0 bridgehead atoms. The molecule has 0 aliphatic rings. The SMILES string of the molecule is O=C(Nc1ccc(Cl)cc1Cl)c1ccnc(NCc2ccncc2)c1. The highest BCUT2D eigenvalue weighted by atomic mass is 35.5. The third kappa shape index (κ3) is 4.68. The highest BCUT2D eigenvalue weighted by Crippen LogP contribution is 2.25. The van der Waals surface area contributed by atoms with Crippen LogP contribution in [0.5, 0.6) is 0 Å². The first-order valence-electron chi connectivity index (χ1n) is 7.47. The molecule has 7 heteroatoms. The summed E-state index contributed by atoms with van der Waals surface area (Å²) < 4.78 is 0. The van der Waals surface area contributed by atoms with Gasteiger partial charge in [0, 0.05) is 35.7 Å². The minimum atomic E-state index is -0.279. The molecule has 2 heterocycles. The van der Waals surface area contributed by atoms with Crippen molar-refractivity contribution < 1.29 is 4.79 Å². The van der Waals surface area contributed by atoms with Gasteiger partial charge in [-0.1, -0.05) is 23.2 Å². The number of amides is 1. The largest absolute Gasteiger partial charge is 0.366 e. The van der Waals surface area contributed by atoms with Crippen molar-refractivity contribution in [3.8, 4) is 0 Å². The Morgan fingerprint density at radius 3 is 2.56 bits per heavy atom. The van der Waals surface area contributed by atoms with E-state index in [0.29, 0.717) is 33.7 Å². The molecular weight excluding hydrogens is 359 g/mol. The molecule has 0 unspecified atom stereocenters. The second kappa shape index (κ2) is 7.96. The Morgan fingerprint density at radius 2 is 1.80 bits per heavy atom. The number of carbonyl (C=O) groups excluding carboxylic acids is 1. The van der Waals surface area contributed by atoms with Gasteiger partial charge in [0.2, 0.25) is 0 Å². The average molecular weight is 373 g/mol. The first-order valence-corrected chi connectivity index (χ1v) is 8.22. The van der Waals surface area contributed by atoms with Gasteiger partial charge in [0.25, 0.3) is 5.91 Å². The Labute approximate surface area is 155 Å². The summed E-state index contributed by atoms with van der Waals surface area (Å²) in [5.74, 6) is 0.324. The highest BCUT2D eigenvalue weighted by molar-refractivity contribution is 6.36. The van der Waals surface area contributed by atoms with E-state index in [1.165, 1.54) is 0 Å². The molecule has 0 aliphatic heterocycles. The molecule has 0 atom stereocenters. The van der Waals surface area contributed by atoms with Crippen molar-refractivity contribution >= 4 is 40.6 Å². The minimum Gasteiger partial charge on any atom is -0.366 e. The van der Waals surface area contributed by atoms with Gasteiger partial charge >= 0.3 is 0 Å². The van der Waals surface area contributed by atoms with Crippen molar-refractivity contribution in [1.82, 2.24) is 9.97 Å². The molecule has 126 valence electrons. The topological polar surface area (TPSA) is 66.9 Å². The van der Waals surface area contributed by atoms with Crippen LogP contribution in [0.4, 0.5) is 11.5 Å². The fraction of sp³-hybridized carbons (Fsp3) is 0.0556. The van der Waals surface area contributed by atoms with E-state index in [4.69, 9.17) is 23.2 Å². The first kappa shape index (κ1) is 17.2. The van der Waals surface area contributed by atoms with E-state index in [0.717, 1.165) is 5.56 Å². The van der Waals surface area contributed by atoms with Gasteiger partial charge in [0.15, 0.2) is 0 Å². The van der Waals surface area contributed by atoms with Gasteiger partial charge in [0.1, 0.15) is 5.82 Å². The van der Waals surface area contributed by atoms with E-state index in [9.17, 15) is 4.79 Å². The van der Waals surface area contributed by atoms with Crippen LogP contribution >= 0.6 is 23.2 Å². The van der Waals surface area contributed by atoms with Crippen LogP contribution in [0, 0.1) is 0 Å². The second-order valence-electron chi connectivity index (χ2n) is 5.22. The lowest BCUT2D eigenvalue weighted by Crippen LogP contribution is -2.13. The van der Waals surface area contributed by atoms with Crippen LogP contribution < -0.4 is 10.6 Å². The maximum absolute atomic E-state index is 12.4. The smallest absolute Gasteiger partial charge is 0.255 e. The fourth-order valence-corrected chi connectivity index (χ4v) is 2.60. The van der Waals surface area contributed by atoms with E-state index in [1.54, 1.807) is 48.9 Å². The quantitative estimate of drug-likeness (QED) is 0.683. The first-order chi connectivity index (χ1) is 12.1. The number of halogens is 2. The Bertz CT molecular complexity index is 887. The molecule has 1 amide bonds. The van der Waals surface area contributed by atoms with Gasteiger partial charge in [-0.2, -0.15) is 0 Å². The summed E-state index contributed by atoms with van der Waals surface area (Å²) in [6.45, 7) is 0.587. The van der Waals surface area contributed by atoms with Crippen LogP contribution in [-0.2, 0) is 6.54 Å². The van der Waals surface area contributed by atoms with Crippen molar-refractivity contribution in [1.29, 1.82) is 0 Å². The molecule has 0 saturated heterocycles. The zero-order chi connectivity index (χ0) is 17.6. The fourth-order valence-electron chi connectivity index (χ4n) is 2.15. The number of rotatable bonds is 5. The molecule has 5 nitrogen and oxygen atoms in total. The zero-order valence-corrected chi connectivity index (χ0v) is 14.6. The summed E-state index contributed by atoms with van der Waals surface area (Å²) in [4.78, 5) is 20.6. The summed E-state index contributed by atoms with van der Waals surface area (Å²) in [6.07, 6.45) is 5.03. The van der Waals surface area contributed by atoms with E-state index in [-0.39, 0.29) is 5.91 Å².